The standard InChI is InChI=1S/C16H16BrF2N/c1-2-13(8-11-6-4-3-5-7-11)20-16-14(17)9-12(18)10-15(16)19/h3-7,9-10,13,20H,2,8H2,1H3. The number of benzene rings is 2. The smallest absolute Gasteiger partial charge is 0.150 e. The van der Waals surface area contributed by atoms with Crippen LogP contribution in [0.4, 0.5) is 14.5 Å². The largest absolute Gasteiger partial charge is 0.379 e. The van der Waals surface area contributed by atoms with Crippen LogP contribution in [-0.2, 0) is 6.42 Å². The van der Waals surface area contributed by atoms with Crippen LogP contribution in [0.3, 0.4) is 0 Å². The Bertz CT molecular complexity index is 549. The van der Waals surface area contributed by atoms with Crippen LogP contribution in [0.1, 0.15) is 18.9 Å². The van der Waals surface area contributed by atoms with Crippen molar-refractivity contribution in [2.45, 2.75) is 25.8 Å². The van der Waals surface area contributed by atoms with Crippen molar-refractivity contribution < 1.29 is 8.78 Å². The van der Waals surface area contributed by atoms with Crippen molar-refractivity contribution in [2.24, 2.45) is 0 Å². The first-order valence-corrected chi connectivity index (χ1v) is 7.34. The lowest BCUT2D eigenvalue weighted by molar-refractivity contribution is 0.579. The monoisotopic (exact) mass is 339 g/mol. The van der Waals surface area contributed by atoms with Gasteiger partial charge in [0.1, 0.15) is 11.6 Å². The van der Waals surface area contributed by atoms with Crippen molar-refractivity contribution in [2.75, 3.05) is 5.32 Å². The summed E-state index contributed by atoms with van der Waals surface area (Å²) in [6, 6.07) is 12.3. The minimum absolute atomic E-state index is 0.0914. The predicted octanol–water partition coefficient (Wildman–Crippen LogP) is 5.16. The summed E-state index contributed by atoms with van der Waals surface area (Å²) in [5, 5.41) is 3.15. The Labute approximate surface area is 126 Å². The number of nitrogens with one attached hydrogen (secondary N) is 1. The lowest BCUT2D eigenvalue weighted by Crippen LogP contribution is -2.22. The first-order chi connectivity index (χ1) is 9.60. The molecule has 0 saturated carbocycles. The van der Waals surface area contributed by atoms with Gasteiger partial charge in [0.05, 0.1) is 5.69 Å². The Kier molecular flexibility index (Phi) is 5.12. The van der Waals surface area contributed by atoms with Crippen LogP contribution in [0.2, 0.25) is 0 Å². The highest BCUT2D eigenvalue weighted by molar-refractivity contribution is 9.10. The van der Waals surface area contributed by atoms with E-state index in [9.17, 15) is 8.78 Å². The van der Waals surface area contributed by atoms with Gasteiger partial charge in [-0.15, -0.1) is 0 Å². The molecule has 1 atom stereocenters. The van der Waals surface area contributed by atoms with E-state index in [4.69, 9.17) is 0 Å². The van der Waals surface area contributed by atoms with E-state index in [0.29, 0.717) is 10.2 Å². The van der Waals surface area contributed by atoms with Gasteiger partial charge in [-0.05, 0) is 40.4 Å². The highest BCUT2D eigenvalue weighted by Gasteiger charge is 2.14. The summed E-state index contributed by atoms with van der Waals surface area (Å²) in [6.07, 6.45) is 1.64. The van der Waals surface area contributed by atoms with Crippen LogP contribution in [0.5, 0.6) is 0 Å². The molecule has 0 aliphatic carbocycles. The molecule has 106 valence electrons. The molecule has 1 unspecified atom stereocenters. The second-order valence-electron chi connectivity index (χ2n) is 4.68. The summed E-state index contributed by atoms with van der Waals surface area (Å²) < 4.78 is 27.3. The van der Waals surface area contributed by atoms with Crippen molar-refractivity contribution in [3.8, 4) is 0 Å². The molecule has 0 amide bonds. The van der Waals surface area contributed by atoms with Crippen molar-refractivity contribution >= 4 is 21.6 Å². The summed E-state index contributed by atoms with van der Waals surface area (Å²) in [4.78, 5) is 0. The van der Waals surface area contributed by atoms with Gasteiger partial charge in [0.25, 0.3) is 0 Å². The quantitative estimate of drug-likeness (QED) is 0.793. The highest BCUT2D eigenvalue weighted by Crippen LogP contribution is 2.28. The number of halogens is 3. The second kappa shape index (κ2) is 6.84. The highest BCUT2D eigenvalue weighted by atomic mass is 79.9. The molecule has 0 bridgehead atoms. The average molecular weight is 340 g/mol. The van der Waals surface area contributed by atoms with Crippen molar-refractivity contribution in [1.29, 1.82) is 0 Å². The third kappa shape index (κ3) is 3.79. The summed E-state index contributed by atoms with van der Waals surface area (Å²) in [5.74, 6) is -1.17. The van der Waals surface area contributed by atoms with Crippen LogP contribution >= 0.6 is 15.9 Å². The SMILES string of the molecule is CCC(Cc1ccccc1)Nc1c(F)cc(F)cc1Br. The zero-order chi connectivity index (χ0) is 14.5. The van der Waals surface area contributed by atoms with E-state index in [1.54, 1.807) is 0 Å². The second-order valence-corrected chi connectivity index (χ2v) is 5.54. The summed E-state index contributed by atoms with van der Waals surface area (Å²) >= 11 is 3.20. The molecule has 2 rings (SSSR count). The van der Waals surface area contributed by atoms with E-state index in [-0.39, 0.29) is 6.04 Å². The van der Waals surface area contributed by atoms with Gasteiger partial charge < -0.3 is 5.32 Å². The normalized spacial score (nSPS) is 12.2. The molecule has 1 N–H and O–H groups in total. The van der Waals surface area contributed by atoms with E-state index in [1.165, 1.54) is 11.6 Å². The molecule has 0 fully saturated rings. The predicted molar refractivity (Wildman–Crippen MR) is 81.9 cm³/mol. The summed E-state index contributed by atoms with van der Waals surface area (Å²) in [7, 11) is 0. The fraction of sp³-hybridized carbons (Fsp3) is 0.250. The van der Waals surface area contributed by atoms with E-state index < -0.39 is 11.6 Å². The molecule has 0 spiro atoms. The zero-order valence-electron chi connectivity index (χ0n) is 11.2. The van der Waals surface area contributed by atoms with Crippen LogP contribution in [0.15, 0.2) is 46.9 Å². The molecule has 1 nitrogen and oxygen atoms in total. The number of hydrogen-bond acceptors (Lipinski definition) is 1. The maximum absolute atomic E-state index is 13.8. The van der Waals surface area contributed by atoms with Crippen LogP contribution < -0.4 is 5.32 Å². The third-order valence-corrected chi connectivity index (χ3v) is 3.80. The van der Waals surface area contributed by atoms with Gasteiger partial charge in [-0.1, -0.05) is 37.3 Å². The van der Waals surface area contributed by atoms with Gasteiger partial charge in [-0.25, -0.2) is 8.78 Å². The lowest BCUT2D eigenvalue weighted by Gasteiger charge is -2.20. The molecule has 0 heterocycles. The minimum Gasteiger partial charge on any atom is -0.379 e. The van der Waals surface area contributed by atoms with Crippen molar-refractivity contribution in [3.63, 3.8) is 0 Å². The lowest BCUT2D eigenvalue weighted by atomic mass is 10.0. The Morgan fingerprint density at radius 1 is 1.15 bits per heavy atom. The Balaban J connectivity index is 2.15. The van der Waals surface area contributed by atoms with Crippen LogP contribution in [-0.4, -0.2) is 6.04 Å². The number of hydrogen-bond donors (Lipinski definition) is 1. The average Bonchev–Trinajstić information content (AvgIpc) is 2.42. The number of rotatable bonds is 5. The fourth-order valence-electron chi connectivity index (χ4n) is 2.08. The van der Waals surface area contributed by atoms with Gasteiger partial charge in [0.2, 0.25) is 0 Å². The topological polar surface area (TPSA) is 12.0 Å². The molecule has 4 heteroatoms. The van der Waals surface area contributed by atoms with Crippen molar-refractivity contribution in [3.05, 3.63) is 64.1 Å². The Morgan fingerprint density at radius 2 is 1.85 bits per heavy atom. The first kappa shape index (κ1) is 15.0. The van der Waals surface area contributed by atoms with Crippen LogP contribution in [0, 0.1) is 11.6 Å². The van der Waals surface area contributed by atoms with E-state index in [2.05, 4.69) is 21.2 Å². The maximum Gasteiger partial charge on any atom is 0.150 e. The molecule has 0 aliphatic heterocycles. The molecule has 2 aromatic carbocycles. The molecular formula is C16H16BrF2N. The molecular weight excluding hydrogens is 324 g/mol. The first-order valence-electron chi connectivity index (χ1n) is 6.55. The van der Waals surface area contributed by atoms with Crippen LogP contribution in [0.25, 0.3) is 0 Å². The third-order valence-electron chi connectivity index (χ3n) is 3.17. The van der Waals surface area contributed by atoms with Gasteiger partial charge in [0.15, 0.2) is 0 Å². The van der Waals surface area contributed by atoms with E-state index >= 15 is 0 Å². The van der Waals surface area contributed by atoms with Gasteiger partial charge >= 0.3 is 0 Å². The summed E-state index contributed by atoms with van der Waals surface area (Å²) in [6.45, 7) is 2.04. The maximum atomic E-state index is 13.8. The molecule has 0 aliphatic rings. The van der Waals surface area contributed by atoms with Gasteiger partial charge in [0, 0.05) is 16.6 Å². The van der Waals surface area contributed by atoms with Gasteiger partial charge in [-0.3, -0.25) is 0 Å². The molecule has 0 aromatic heterocycles. The zero-order valence-corrected chi connectivity index (χ0v) is 12.8. The van der Waals surface area contributed by atoms with E-state index in [1.807, 2.05) is 37.3 Å². The molecule has 0 radical (unpaired) electrons. The Morgan fingerprint density at radius 3 is 2.45 bits per heavy atom. The minimum atomic E-state index is -0.587. The number of anilines is 1. The Hall–Kier alpha value is -1.42. The molecule has 20 heavy (non-hydrogen) atoms. The summed E-state index contributed by atoms with van der Waals surface area (Å²) in [5.41, 5.74) is 1.50. The van der Waals surface area contributed by atoms with Crippen molar-refractivity contribution in [1.82, 2.24) is 0 Å². The van der Waals surface area contributed by atoms with E-state index in [0.717, 1.165) is 18.9 Å². The molecule has 0 saturated heterocycles. The van der Waals surface area contributed by atoms with Gasteiger partial charge in [-0.2, -0.15) is 0 Å². The molecule has 2 aromatic rings. The fourth-order valence-corrected chi connectivity index (χ4v) is 2.60.